The highest BCUT2D eigenvalue weighted by Gasteiger charge is 2.23. The molecule has 1 heterocycles. The Hall–Kier alpha value is -3.46. The van der Waals surface area contributed by atoms with Crippen molar-refractivity contribution in [2.24, 2.45) is 5.73 Å². The quantitative estimate of drug-likeness (QED) is 0.213. The van der Waals surface area contributed by atoms with Crippen LogP contribution in [0.5, 0.6) is 5.75 Å². The molecule has 0 radical (unpaired) electrons. The second kappa shape index (κ2) is 12.6. The number of rotatable bonds is 13. The van der Waals surface area contributed by atoms with Crippen LogP contribution < -0.4 is 26.4 Å². The van der Waals surface area contributed by atoms with Gasteiger partial charge >= 0.3 is 0 Å². The van der Waals surface area contributed by atoms with Crippen LogP contribution in [0.2, 0.25) is 5.02 Å². The lowest BCUT2D eigenvalue weighted by Crippen LogP contribution is -2.32. The summed E-state index contributed by atoms with van der Waals surface area (Å²) in [5.41, 5.74) is 5.72. The molecule has 2 aromatic carbocycles. The van der Waals surface area contributed by atoms with Crippen molar-refractivity contribution >= 4 is 60.3 Å². The van der Waals surface area contributed by atoms with Gasteiger partial charge in [-0.15, -0.1) is 0 Å². The number of amides is 1. The monoisotopic (exact) mass is 596 g/mol. The fourth-order valence-corrected chi connectivity index (χ4v) is 5.89. The third-order valence-corrected chi connectivity index (χ3v) is 9.64. The molecule has 0 aliphatic heterocycles. The molecule has 3 aromatic rings. The van der Waals surface area contributed by atoms with Gasteiger partial charge in [0.2, 0.25) is 11.9 Å². The molecule has 0 fully saturated rings. The van der Waals surface area contributed by atoms with E-state index in [1.54, 1.807) is 32.0 Å². The maximum atomic E-state index is 12.8. The van der Waals surface area contributed by atoms with E-state index in [0.717, 1.165) is 0 Å². The van der Waals surface area contributed by atoms with Crippen LogP contribution in [0.1, 0.15) is 13.8 Å². The summed E-state index contributed by atoms with van der Waals surface area (Å²) in [5, 5.41) is 8.11. The van der Waals surface area contributed by atoms with Crippen molar-refractivity contribution in [3.63, 3.8) is 0 Å². The first kappa shape index (κ1) is 30.1. The van der Waals surface area contributed by atoms with Gasteiger partial charge in [-0.2, -0.15) is 4.98 Å². The van der Waals surface area contributed by atoms with Gasteiger partial charge in [0, 0.05) is 12.6 Å². The molecule has 12 nitrogen and oxygen atoms in total. The summed E-state index contributed by atoms with van der Waals surface area (Å²) >= 11 is 6.29. The Balaban J connectivity index is 1.84. The fraction of sp³-hybridized carbons (Fsp3) is 0.292. The van der Waals surface area contributed by atoms with Crippen molar-refractivity contribution in [1.82, 2.24) is 15.3 Å². The first-order valence-corrected chi connectivity index (χ1v) is 15.2. The summed E-state index contributed by atoms with van der Waals surface area (Å²) in [6.07, 6.45) is 1.34. The molecule has 1 aromatic heterocycles. The van der Waals surface area contributed by atoms with Gasteiger partial charge in [-0.1, -0.05) is 23.7 Å². The number of para-hydroxylation sites is 1. The summed E-state index contributed by atoms with van der Waals surface area (Å²) in [5.74, 6) is -0.378. The van der Waals surface area contributed by atoms with Crippen LogP contribution in [0.25, 0.3) is 0 Å². The Morgan fingerprint density at radius 3 is 2.46 bits per heavy atom. The molecule has 5 N–H and O–H groups in total. The number of ether oxygens (including phenoxy) is 1. The number of sulfone groups is 2. The van der Waals surface area contributed by atoms with Crippen molar-refractivity contribution < 1.29 is 26.4 Å². The van der Waals surface area contributed by atoms with Crippen molar-refractivity contribution in [3.05, 3.63) is 53.7 Å². The maximum absolute atomic E-state index is 12.8. The molecular weight excluding hydrogens is 568 g/mol. The van der Waals surface area contributed by atoms with E-state index in [4.69, 9.17) is 22.1 Å². The van der Waals surface area contributed by atoms with E-state index in [-0.39, 0.29) is 51.2 Å². The molecule has 0 saturated heterocycles. The largest absolute Gasteiger partial charge is 0.495 e. The third kappa shape index (κ3) is 7.56. The average molecular weight is 597 g/mol. The van der Waals surface area contributed by atoms with Gasteiger partial charge in [0.15, 0.2) is 25.5 Å². The Morgan fingerprint density at radius 2 is 1.79 bits per heavy atom. The number of nitrogens with zero attached hydrogens (tertiary/aromatic N) is 2. The number of carbonyl (C=O) groups is 1. The number of halogens is 1. The molecule has 0 unspecified atom stereocenters. The predicted molar refractivity (Wildman–Crippen MR) is 149 cm³/mol. The highest BCUT2D eigenvalue weighted by molar-refractivity contribution is 7.92. The van der Waals surface area contributed by atoms with E-state index < -0.39 is 30.8 Å². The third-order valence-electron chi connectivity index (χ3n) is 5.44. The minimum absolute atomic E-state index is 0.0214. The number of benzene rings is 2. The molecule has 0 atom stereocenters. The second-order valence-electron chi connectivity index (χ2n) is 8.55. The minimum Gasteiger partial charge on any atom is -0.495 e. The normalized spacial score (nSPS) is 11.8. The Bertz CT molecular complexity index is 1570. The van der Waals surface area contributed by atoms with Crippen LogP contribution in [0.3, 0.4) is 0 Å². The molecule has 1 amide bonds. The van der Waals surface area contributed by atoms with Gasteiger partial charge in [0.25, 0.3) is 0 Å². The van der Waals surface area contributed by atoms with E-state index in [0.29, 0.717) is 11.4 Å². The number of hydrogen-bond acceptors (Lipinski definition) is 11. The molecule has 0 aliphatic rings. The van der Waals surface area contributed by atoms with E-state index in [1.165, 1.54) is 37.6 Å². The van der Waals surface area contributed by atoms with E-state index in [2.05, 4.69) is 25.9 Å². The van der Waals surface area contributed by atoms with Crippen LogP contribution in [0.4, 0.5) is 23.1 Å². The summed E-state index contributed by atoms with van der Waals surface area (Å²) < 4.78 is 56.4. The van der Waals surface area contributed by atoms with Crippen LogP contribution in [-0.4, -0.2) is 63.9 Å². The second-order valence-corrected chi connectivity index (χ2v) is 13.5. The van der Waals surface area contributed by atoms with Gasteiger partial charge in [0.05, 0.1) is 52.0 Å². The molecular formula is C24H29ClN6O6S2. The Labute approximate surface area is 232 Å². The standard InChI is InChI=1S/C24H29ClN6O6S2/c1-15(2)39(35,36)21-7-5-4-6-19(21)29-23-17(25)13-28-24(31-23)30-18-9-8-16(12-20(18)37-3)38(33,34)11-10-27-14-22(26)32/h4-9,12-13,15,27H,10-11,14H2,1-3H3,(H2,26,32)(H2,28,29,30,31). The number of nitrogens with two attached hydrogens (primary N) is 1. The number of nitrogens with one attached hydrogen (secondary N) is 3. The first-order valence-electron chi connectivity index (χ1n) is 11.6. The molecule has 15 heteroatoms. The Kier molecular flexibility index (Phi) is 9.72. The van der Waals surface area contributed by atoms with Gasteiger partial charge in [-0.25, -0.2) is 21.8 Å². The average Bonchev–Trinajstić information content (AvgIpc) is 2.88. The molecule has 210 valence electrons. The summed E-state index contributed by atoms with van der Waals surface area (Å²) in [6.45, 7) is 3.11. The number of methoxy groups -OCH3 is 1. The summed E-state index contributed by atoms with van der Waals surface area (Å²) in [6, 6.07) is 10.7. The van der Waals surface area contributed by atoms with Gasteiger partial charge in [-0.05, 0) is 38.1 Å². The highest BCUT2D eigenvalue weighted by atomic mass is 35.5. The lowest BCUT2D eigenvalue weighted by Gasteiger charge is -2.16. The first-order chi connectivity index (χ1) is 18.3. The fourth-order valence-electron chi connectivity index (χ4n) is 3.34. The predicted octanol–water partition coefficient (Wildman–Crippen LogP) is 2.66. The molecule has 0 aliphatic carbocycles. The zero-order valence-corrected chi connectivity index (χ0v) is 23.8. The lowest BCUT2D eigenvalue weighted by molar-refractivity contribution is -0.117. The molecule has 39 heavy (non-hydrogen) atoms. The number of primary amides is 1. The molecule has 3 rings (SSSR count). The van der Waals surface area contributed by atoms with Crippen LogP contribution in [0.15, 0.2) is 58.5 Å². The zero-order valence-electron chi connectivity index (χ0n) is 21.4. The highest BCUT2D eigenvalue weighted by Crippen LogP contribution is 2.33. The molecule has 0 spiro atoms. The van der Waals surface area contributed by atoms with E-state index in [1.807, 2.05) is 0 Å². The zero-order chi connectivity index (χ0) is 28.8. The van der Waals surface area contributed by atoms with Crippen LogP contribution >= 0.6 is 11.6 Å². The molecule has 0 saturated carbocycles. The summed E-state index contributed by atoms with van der Waals surface area (Å²) in [7, 11) is -5.89. The minimum atomic E-state index is -3.68. The number of aromatic nitrogens is 2. The number of carbonyl (C=O) groups excluding carboxylic acids is 1. The van der Waals surface area contributed by atoms with Crippen LogP contribution in [0, 0.1) is 0 Å². The maximum Gasteiger partial charge on any atom is 0.231 e. The van der Waals surface area contributed by atoms with Gasteiger partial charge in [0.1, 0.15) is 10.8 Å². The van der Waals surface area contributed by atoms with Crippen molar-refractivity contribution in [3.8, 4) is 5.75 Å². The van der Waals surface area contributed by atoms with E-state index in [9.17, 15) is 21.6 Å². The summed E-state index contributed by atoms with van der Waals surface area (Å²) in [4.78, 5) is 19.5. The number of anilines is 4. The lowest BCUT2D eigenvalue weighted by atomic mass is 10.3. The van der Waals surface area contributed by atoms with Crippen molar-refractivity contribution in [2.75, 3.05) is 36.6 Å². The molecule has 0 bridgehead atoms. The van der Waals surface area contributed by atoms with Crippen molar-refractivity contribution in [1.29, 1.82) is 0 Å². The Morgan fingerprint density at radius 1 is 1.08 bits per heavy atom. The van der Waals surface area contributed by atoms with Gasteiger partial charge in [-0.3, -0.25) is 4.79 Å². The van der Waals surface area contributed by atoms with Gasteiger partial charge < -0.3 is 26.4 Å². The smallest absolute Gasteiger partial charge is 0.231 e. The van der Waals surface area contributed by atoms with Crippen molar-refractivity contribution in [2.45, 2.75) is 28.9 Å². The SMILES string of the molecule is COc1cc(S(=O)(=O)CCNCC(N)=O)ccc1Nc1ncc(Cl)c(Nc2ccccc2S(=O)(=O)C(C)C)n1. The van der Waals surface area contributed by atoms with Crippen LogP contribution in [-0.2, 0) is 24.5 Å². The number of hydrogen-bond donors (Lipinski definition) is 4. The van der Waals surface area contributed by atoms with E-state index >= 15 is 0 Å². The topological polar surface area (TPSA) is 182 Å².